The molecular formula is C19H20N8S. The summed E-state index contributed by atoms with van der Waals surface area (Å²) in [6.45, 7) is 1.46. The van der Waals surface area contributed by atoms with Crippen molar-refractivity contribution in [3.05, 3.63) is 66.4 Å². The minimum Gasteiger partial charge on any atom is -0.310 e. The van der Waals surface area contributed by atoms with Crippen molar-refractivity contribution in [2.24, 2.45) is 7.05 Å². The molecule has 0 saturated carbocycles. The highest BCUT2D eigenvalue weighted by atomic mass is 32.2. The lowest BCUT2D eigenvalue weighted by molar-refractivity contribution is 0.631. The first-order chi connectivity index (χ1) is 13.8. The number of aryl methyl sites for hydroxylation is 1. The molecule has 2 heterocycles. The second-order valence-electron chi connectivity index (χ2n) is 6.08. The lowest BCUT2D eigenvalue weighted by atomic mass is 10.1. The van der Waals surface area contributed by atoms with E-state index in [0.717, 1.165) is 40.1 Å². The zero-order valence-electron chi connectivity index (χ0n) is 15.4. The molecule has 0 aliphatic heterocycles. The summed E-state index contributed by atoms with van der Waals surface area (Å²) in [7, 11) is 1.84. The zero-order chi connectivity index (χ0) is 19.2. The standard InChI is InChI=1S/C19H20N8S/c1-26-22-17(18(23-26)15-8-4-2-5-9-15)14-20-12-13-28-19-21-24-25-27(19)16-10-6-3-7-11-16/h2-11,20H,12-14H2,1H3. The first kappa shape index (κ1) is 18.3. The largest absolute Gasteiger partial charge is 0.310 e. The predicted molar refractivity (Wildman–Crippen MR) is 108 cm³/mol. The molecule has 4 rings (SSSR count). The molecule has 1 N–H and O–H groups in total. The van der Waals surface area contributed by atoms with Gasteiger partial charge in [0, 0.05) is 31.5 Å². The van der Waals surface area contributed by atoms with Gasteiger partial charge < -0.3 is 5.32 Å². The van der Waals surface area contributed by atoms with Crippen molar-refractivity contribution in [3.63, 3.8) is 0 Å². The molecule has 2 aromatic carbocycles. The molecule has 4 aromatic rings. The zero-order valence-corrected chi connectivity index (χ0v) is 16.3. The Bertz CT molecular complexity index is 1010. The molecule has 2 aromatic heterocycles. The number of para-hydroxylation sites is 1. The Morgan fingerprint density at radius 3 is 2.50 bits per heavy atom. The Hall–Kier alpha value is -3.04. The van der Waals surface area contributed by atoms with Crippen molar-refractivity contribution in [2.75, 3.05) is 12.3 Å². The van der Waals surface area contributed by atoms with E-state index < -0.39 is 0 Å². The number of rotatable bonds is 8. The van der Waals surface area contributed by atoms with E-state index >= 15 is 0 Å². The molecule has 0 amide bonds. The van der Waals surface area contributed by atoms with Crippen molar-refractivity contribution in [1.29, 1.82) is 0 Å². The van der Waals surface area contributed by atoms with Crippen LogP contribution in [0.15, 0.2) is 65.8 Å². The quantitative estimate of drug-likeness (QED) is 0.364. The van der Waals surface area contributed by atoms with Crippen molar-refractivity contribution in [3.8, 4) is 16.9 Å². The second-order valence-corrected chi connectivity index (χ2v) is 7.15. The Morgan fingerprint density at radius 1 is 0.964 bits per heavy atom. The first-order valence-corrected chi connectivity index (χ1v) is 9.93. The molecule has 8 nitrogen and oxygen atoms in total. The van der Waals surface area contributed by atoms with E-state index in [1.165, 1.54) is 0 Å². The molecular weight excluding hydrogens is 372 g/mol. The monoisotopic (exact) mass is 392 g/mol. The van der Waals surface area contributed by atoms with Crippen molar-refractivity contribution < 1.29 is 0 Å². The van der Waals surface area contributed by atoms with Crippen LogP contribution in [0, 0.1) is 0 Å². The van der Waals surface area contributed by atoms with Crippen LogP contribution in [0.25, 0.3) is 16.9 Å². The van der Waals surface area contributed by atoms with Crippen LogP contribution < -0.4 is 5.32 Å². The Morgan fingerprint density at radius 2 is 1.71 bits per heavy atom. The fourth-order valence-electron chi connectivity index (χ4n) is 2.81. The van der Waals surface area contributed by atoms with Gasteiger partial charge in [0.15, 0.2) is 0 Å². The average molecular weight is 392 g/mol. The maximum absolute atomic E-state index is 4.50. The van der Waals surface area contributed by atoms with Crippen LogP contribution in [0.4, 0.5) is 0 Å². The molecule has 0 radical (unpaired) electrons. The van der Waals surface area contributed by atoms with Gasteiger partial charge in [0.25, 0.3) is 0 Å². The summed E-state index contributed by atoms with van der Waals surface area (Å²) in [6, 6.07) is 20.0. The summed E-state index contributed by atoms with van der Waals surface area (Å²) in [6.07, 6.45) is 0. The van der Waals surface area contributed by atoms with Gasteiger partial charge >= 0.3 is 0 Å². The van der Waals surface area contributed by atoms with Gasteiger partial charge in [-0.2, -0.15) is 19.7 Å². The molecule has 0 atom stereocenters. The van der Waals surface area contributed by atoms with E-state index in [0.29, 0.717) is 6.54 Å². The third-order valence-electron chi connectivity index (χ3n) is 4.07. The van der Waals surface area contributed by atoms with Gasteiger partial charge in [-0.25, -0.2) is 0 Å². The SMILES string of the molecule is Cn1nc(CNCCSc2nnnn2-c2ccccc2)c(-c2ccccc2)n1. The van der Waals surface area contributed by atoms with Gasteiger partial charge in [-0.1, -0.05) is 60.3 Å². The maximum Gasteiger partial charge on any atom is 0.214 e. The van der Waals surface area contributed by atoms with Gasteiger partial charge in [0.1, 0.15) is 11.4 Å². The fraction of sp³-hybridized carbons (Fsp3) is 0.211. The van der Waals surface area contributed by atoms with Crippen LogP contribution >= 0.6 is 11.8 Å². The van der Waals surface area contributed by atoms with E-state index in [4.69, 9.17) is 0 Å². The lowest BCUT2D eigenvalue weighted by Crippen LogP contribution is -2.17. The molecule has 0 aliphatic carbocycles. The third-order valence-corrected chi connectivity index (χ3v) is 5.00. The van der Waals surface area contributed by atoms with E-state index in [1.54, 1.807) is 21.2 Å². The summed E-state index contributed by atoms with van der Waals surface area (Å²) in [5.41, 5.74) is 3.88. The molecule has 142 valence electrons. The smallest absolute Gasteiger partial charge is 0.214 e. The van der Waals surface area contributed by atoms with E-state index in [1.807, 2.05) is 67.7 Å². The van der Waals surface area contributed by atoms with Crippen molar-refractivity contribution >= 4 is 11.8 Å². The van der Waals surface area contributed by atoms with Crippen LogP contribution in [-0.2, 0) is 13.6 Å². The number of thioether (sulfide) groups is 1. The molecule has 28 heavy (non-hydrogen) atoms. The van der Waals surface area contributed by atoms with Crippen LogP contribution in [-0.4, -0.2) is 47.5 Å². The molecule has 0 unspecified atom stereocenters. The fourth-order valence-corrected chi connectivity index (χ4v) is 3.60. The van der Waals surface area contributed by atoms with Crippen molar-refractivity contribution in [1.82, 2.24) is 40.5 Å². The first-order valence-electron chi connectivity index (χ1n) is 8.94. The number of hydrogen-bond donors (Lipinski definition) is 1. The summed E-state index contributed by atoms with van der Waals surface area (Å²) in [5, 5.41) is 25.2. The van der Waals surface area contributed by atoms with Crippen molar-refractivity contribution in [2.45, 2.75) is 11.7 Å². The Kier molecular flexibility index (Phi) is 5.74. The molecule has 9 heteroatoms. The average Bonchev–Trinajstić information content (AvgIpc) is 3.35. The number of benzene rings is 2. The highest BCUT2D eigenvalue weighted by molar-refractivity contribution is 7.99. The molecule has 0 fully saturated rings. The summed E-state index contributed by atoms with van der Waals surface area (Å²) in [4.78, 5) is 1.61. The number of tetrazole rings is 1. The van der Waals surface area contributed by atoms with E-state index in [2.05, 4.69) is 31.0 Å². The number of aromatic nitrogens is 7. The van der Waals surface area contributed by atoms with Gasteiger partial charge in [0.05, 0.1) is 5.69 Å². The highest BCUT2D eigenvalue weighted by Crippen LogP contribution is 2.20. The minimum atomic E-state index is 0.655. The number of nitrogens with one attached hydrogen (secondary N) is 1. The summed E-state index contributed by atoms with van der Waals surface area (Å²) in [5.74, 6) is 0.841. The van der Waals surface area contributed by atoms with Crippen LogP contribution in [0.3, 0.4) is 0 Å². The lowest BCUT2D eigenvalue weighted by Gasteiger charge is -2.05. The summed E-state index contributed by atoms with van der Waals surface area (Å²) >= 11 is 1.61. The third kappa shape index (κ3) is 4.26. The maximum atomic E-state index is 4.50. The molecule has 0 saturated heterocycles. The molecule has 0 aliphatic rings. The van der Waals surface area contributed by atoms with E-state index in [-0.39, 0.29) is 0 Å². The van der Waals surface area contributed by atoms with Crippen LogP contribution in [0.1, 0.15) is 5.69 Å². The van der Waals surface area contributed by atoms with Gasteiger partial charge in [0.2, 0.25) is 5.16 Å². The normalized spacial score (nSPS) is 11.0. The predicted octanol–water partition coefficient (Wildman–Crippen LogP) is 2.34. The minimum absolute atomic E-state index is 0.655. The Balaban J connectivity index is 1.32. The summed E-state index contributed by atoms with van der Waals surface area (Å²) < 4.78 is 1.75. The highest BCUT2D eigenvalue weighted by Gasteiger charge is 2.12. The number of nitrogens with zero attached hydrogens (tertiary/aromatic N) is 7. The van der Waals surface area contributed by atoms with Crippen LogP contribution in [0.5, 0.6) is 0 Å². The second kappa shape index (κ2) is 8.77. The topological polar surface area (TPSA) is 86.3 Å². The van der Waals surface area contributed by atoms with Crippen LogP contribution in [0.2, 0.25) is 0 Å². The van der Waals surface area contributed by atoms with Gasteiger partial charge in [-0.3, -0.25) is 0 Å². The van der Waals surface area contributed by atoms with Gasteiger partial charge in [-0.05, 0) is 22.6 Å². The Labute approximate surface area is 167 Å². The molecule has 0 spiro atoms. The molecule has 0 bridgehead atoms. The van der Waals surface area contributed by atoms with Gasteiger partial charge in [-0.15, -0.1) is 5.10 Å². The van der Waals surface area contributed by atoms with E-state index in [9.17, 15) is 0 Å². The number of hydrogen-bond acceptors (Lipinski definition) is 7.